The summed E-state index contributed by atoms with van der Waals surface area (Å²) in [5.74, 6) is -0.994. The summed E-state index contributed by atoms with van der Waals surface area (Å²) in [6, 6.07) is -0.813. The van der Waals surface area contributed by atoms with Crippen LogP contribution >= 0.6 is 0 Å². The fraction of sp³-hybridized carbons (Fsp3) is 0.875. The number of rotatable bonds is 8. The molecule has 0 amide bonds. The summed E-state index contributed by atoms with van der Waals surface area (Å²) in [5.41, 5.74) is 5.29. The van der Waals surface area contributed by atoms with Crippen LogP contribution in [0, 0.1) is 0 Å². The molecule has 5 N–H and O–H groups in total. The predicted molar refractivity (Wildman–Crippen MR) is 50.3 cm³/mol. The standard InChI is InChI=1S/C8H18N2O4/c9-7(8(13)14)3-1-2-4-10(5-11)6-12/h7,11-12H,1-6,9H2,(H,13,14)/t7-/m0/s1. The first-order valence-corrected chi connectivity index (χ1v) is 4.54. The fourth-order valence-corrected chi connectivity index (χ4v) is 1.01. The van der Waals surface area contributed by atoms with E-state index in [9.17, 15) is 4.79 Å². The number of carboxylic acid groups (broad SMARTS) is 1. The third kappa shape index (κ3) is 5.87. The van der Waals surface area contributed by atoms with Crippen LogP contribution in [0.25, 0.3) is 0 Å². The molecular weight excluding hydrogens is 188 g/mol. The molecule has 6 nitrogen and oxygen atoms in total. The van der Waals surface area contributed by atoms with Gasteiger partial charge in [0.1, 0.15) is 6.04 Å². The maximum Gasteiger partial charge on any atom is 0.320 e. The van der Waals surface area contributed by atoms with Crippen LogP contribution in [0.5, 0.6) is 0 Å². The van der Waals surface area contributed by atoms with Crippen molar-refractivity contribution >= 4 is 5.97 Å². The first-order valence-electron chi connectivity index (χ1n) is 4.54. The Morgan fingerprint density at radius 1 is 1.29 bits per heavy atom. The van der Waals surface area contributed by atoms with Gasteiger partial charge in [0, 0.05) is 6.54 Å². The molecule has 0 unspecified atom stereocenters. The molecule has 0 aromatic carbocycles. The highest BCUT2D eigenvalue weighted by Crippen LogP contribution is 2.00. The molecule has 0 aliphatic rings. The maximum absolute atomic E-state index is 10.3. The number of aliphatic hydroxyl groups excluding tert-OH is 2. The van der Waals surface area contributed by atoms with Crippen molar-refractivity contribution in [1.82, 2.24) is 4.90 Å². The van der Waals surface area contributed by atoms with Crippen molar-refractivity contribution in [2.24, 2.45) is 5.73 Å². The van der Waals surface area contributed by atoms with Crippen molar-refractivity contribution < 1.29 is 20.1 Å². The Kier molecular flexibility index (Phi) is 7.31. The minimum atomic E-state index is -0.994. The summed E-state index contributed by atoms with van der Waals surface area (Å²) in [5, 5.41) is 25.8. The molecule has 0 spiro atoms. The Labute approximate surface area is 82.9 Å². The molecule has 0 radical (unpaired) electrons. The molecule has 0 fully saturated rings. The van der Waals surface area contributed by atoms with E-state index < -0.39 is 12.0 Å². The number of hydrogen-bond donors (Lipinski definition) is 4. The molecule has 6 heteroatoms. The number of aliphatic carboxylic acids is 1. The zero-order valence-corrected chi connectivity index (χ0v) is 8.09. The summed E-state index contributed by atoms with van der Waals surface area (Å²) in [4.78, 5) is 11.8. The van der Waals surface area contributed by atoms with Gasteiger partial charge in [0.25, 0.3) is 0 Å². The summed E-state index contributed by atoms with van der Waals surface area (Å²) in [7, 11) is 0. The lowest BCUT2D eigenvalue weighted by Crippen LogP contribution is -2.30. The second kappa shape index (κ2) is 7.69. The van der Waals surface area contributed by atoms with Crippen LogP contribution in [0.1, 0.15) is 19.3 Å². The Morgan fingerprint density at radius 2 is 1.86 bits per heavy atom. The average molecular weight is 206 g/mol. The monoisotopic (exact) mass is 206 g/mol. The molecule has 14 heavy (non-hydrogen) atoms. The summed E-state index contributed by atoms with van der Waals surface area (Å²) >= 11 is 0. The number of carboxylic acids is 1. The zero-order valence-electron chi connectivity index (χ0n) is 8.09. The summed E-state index contributed by atoms with van der Waals surface area (Å²) < 4.78 is 0. The van der Waals surface area contributed by atoms with Crippen LogP contribution in [0.3, 0.4) is 0 Å². The topological polar surface area (TPSA) is 107 Å². The number of carbonyl (C=O) groups is 1. The SMILES string of the molecule is N[C@@H](CCCCN(CO)CO)C(=O)O. The van der Waals surface area contributed by atoms with Crippen LogP contribution in [0.15, 0.2) is 0 Å². The predicted octanol–water partition coefficient (Wildman–Crippen LogP) is -1.23. The first-order chi connectivity index (χ1) is 6.61. The average Bonchev–Trinajstić information content (AvgIpc) is 2.17. The van der Waals surface area contributed by atoms with Gasteiger partial charge < -0.3 is 21.1 Å². The Hall–Kier alpha value is -0.690. The highest BCUT2D eigenvalue weighted by atomic mass is 16.4. The van der Waals surface area contributed by atoms with Gasteiger partial charge in [-0.3, -0.25) is 9.69 Å². The van der Waals surface area contributed by atoms with Crippen LogP contribution in [-0.2, 0) is 4.79 Å². The number of nitrogens with two attached hydrogens (primary N) is 1. The van der Waals surface area contributed by atoms with Crippen molar-refractivity contribution in [3.8, 4) is 0 Å². The van der Waals surface area contributed by atoms with E-state index >= 15 is 0 Å². The van der Waals surface area contributed by atoms with Gasteiger partial charge in [0.05, 0.1) is 13.5 Å². The van der Waals surface area contributed by atoms with E-state index in [1.165, 1.54) is 4.90 Å². The van der Waals surface area contributed by atoms with Gasteiger partial charge in [-0.2, -0.15) is 0 Å². The highest BCUT2D eigenvalue weighted by molar-refractivity contribution is 5.72. The normalized spacial score (nSPS) is 13.1. The van der Waals surface area contributed by atoms with Crippen molar-refractivity contribution in [3.63, 3.8) is 0 Å². The van der Waals surface area contributed by atoms with Gasteiger partial charge in [0.2, 0.25) is 0 Å². The van der Waals surface area contributed by atoms with E-state index in [0.717, 1.165) is 0 Å². The quantitative estimate of drug-likeness (QED) is 0.292. The van der Waals surface area contributed by atoms with E-state index in [1.807, 2.05) is 0 Å². The molecule has 0 saturated carbocycles. The lowest BCUT2D eigenvalue weighted by atomic mass is 10.1. The van der Waals surface area contributed by atoms with E-state index in [1.54, 1.807) is 0 Å². The molecule has 0 saturated heterocycles. The number of hydrogen-bond acceptors (Lipinski definition) is 5. The van der Waals surface area contributed by atoms with Gasteiger partial charge in [0.15, 0.2) is 0 Å². The molecule has 0 aromatic heterocycles. The van der Waals surface area contributed by atoms with Crippen molar-refractivity contribution in [2.45, 2.75) is 25.3 Å². The van der Waals surface area contributed by atoms with Crippen molar-refractivity contribution in [2.75, 3.05) is 20.0 Å². The van der Waals surface area contributed by atoms with E-state index in [-0.39, 0.29) is 13.5 Å². The molecule has 0 rings (SSSR count). The highest BCUT2D eigenvalue weighted by Gasteiger charge is 2.10. The van der Waals surface area contributed by atoms with Crippen molar-refractivity contribution in [3.05, 3.63) is 0 Å². The van der Waals surface area contributed by atoms with Crippen LogP contribution in [-0.4, -0.2) is 52.2 Å². The molecule has 0 aromatic rings. The van der Waals surface area contributed by atoms with Gasteiger partial charge in [-0.1, -0.05) is 6.42 Å². The Balaban J connectivity index is 3.41. The Bertz CT molecular complexity index is 161. The zero-order chi connectivity index (χ0) is 11.0. The number of unbranched alkanes of at least 4 members (excludes halogenated alkanes) is 1. The van der Waals surface area contributed by atoms with Gasteiger partial charge in [-0.15, -0.1) is 0 Å². The minimum absolute atomic E-state index is 0.193. The van der Waals surface area contributed by atoms with Crippen LogP contribution < -0.4 is 5.73 Å². The van der Waals surface area contributed by atoms with Crippen LogP contribution in [0.2, 0.25) is 0 Å². The minimum Gasteiger partial charge on any atom is -0.480 e. The van der Waals surface area contributed by atoms with E-state index in [2.05, 4.69) is 0 Å². The molecule has 1 atom stereocenters. The molecule has 84 valence electrons. The third-order valence-electron chi connectivity index (χ3n) is 1.96. The second-order valence-electron chi connectivity index (χ2n) is 3.12. The third-order valence-corrected chi connectivity index (χ3v) is 1.96. The molecule has 0 aliphatic carbocycles. The maximum atomic E-state index is 10.3. The smallest absolute Gasteiger partial charge is 0.320 e. The van der Waals surface area contributed by atoms with E-state index in [0.29, 0.717) is 25.8 Å². The van der Waals surface area contributed by atoms with Crippen LogP contribution in [0.4, 0.5) is 0 Å². The lowest BCUT2D eigenvalue weighted by molar-refractivity contribution is -0.138. The summed E-state index contributed by atoms with van der Waals surface area (Å²) in [6.45, 7) is 0.155. The van der Waals surface area contributed by atoms with E-state index in [4.69, 9.17) is 21.1 Å². The molecule has 0 heterocycles. The van der Waals surface area contributed by atoms with Gasteiger partial charge >= 0.3 is 5.97 Å². The number of nitrogens with zero attached hydrogens (tertiary/aromatic N) is 1. The molecular formula is C8H18N2O4. The van der Waals surface area contributed by atoms with Gasteiger partial charge in [-0.25, -0.2) is 0 Å². The Morgan fingerprint density at radius 3 is 2.29 bits per heavy atom. The first kappa shape index (κ1) is 13.3. The van der Waals surface area contributed by atoms with Gasteiger partial charge in [-0.05, 0) is 12.8 Å². The molecule has 0 bridgehead atoms. The molecule has 0 aliphatic heterocycles. The fourth-order valence-electron chi connectivity index (χ4n) is 1.01. The lowest BCUT2D eigenvalue weighted by Gasteiger charge is -2.15. The second-order valence-corrected chi connectivity index (χ2v) is 3.12. The van der Waals surface area contributed by atoms with Crippen molar-refractivity contribution in [1.29, 1.82) is 0 Å². The largest absolute Gasteiger partial charge is 0.480 e. The summed E-state index contributed by atoms with van der Waals surface area (Å²) in [6.07, 6.45) is 1.80. The number of aliphatic hydroxyl groups is 2.